The number of carbonyl (C=O) groups is 2. The van der Waals surface area contributed by atoms with Crippen LogP contribution in [0.2, 0.25) is 0 Å². The highest BCUT2D eigenvalue weighted by molar-refractivity contribution is 8.00. The average molecular weight is 362 g/mol. The van der Waals surface area contributed by atoms with Gasteiger partial charge < -0.3 is 9.64 Å². The van der Waals surface area contributed by atoms with Gasteiger partial charge in [-0.2, -0.15) is 0 Å². The van der Waals surface area contributed by atoms with Crippen LogP contribution in [-0.4, -0.2) is 46.2 Å². The van der Waals surface area contributed by atoms with E-state index in [-0.39, 0.29) is 23.0 Å². The molecular weight excluding hydrogens is 345 g/mol. The van der Waals surface area contributed by atoms with Crippen molar-refractivity contribution in [2.75, 3.05) is 24.1 Å². The number of benzene rings is 1. The van der Waals surface area contributed by atoms with E-state index in [4.69, 9.17) is 27.9 Å². The standard InChI is InChI=1S/C15H17Cl2NO3S/c16-9-13(19)18-7-8-22-14(18)6-5-11-3-1-2-4-12(11)21-15(20)10-17/h1-4,14H,5-10H2. The van der Waals surface area contributed by atoms with Gasteiger partial charge in [-0.25, -0.2) is 0 Å². The van der Waals surface area contributed by atoms with Gasteiger partial charge in [0.15, 0.2) is 0 Å². The lowest BCUT2D eigenvalue weighted by molar-refractivity contribution is -0.131. The van der Waals surface area contributed by atoms with Crippen molar-refractivity contribution in [1.82, 2.24) is 4.90 Å². The lowest BCUT2D eigenvalue weighted by Crippen LogP contribution is -2.35. The van der Waals surface area contributed by atoms with Crippen molar-refractivity contribution in [2.45, 2.75) is 18.2 Å². The van der Waals surface area contributed by atoms with Crippen LogP contribution in [0.5, 0.6) is 5.75 Å². The highest BCUT2D eigenvalue weighted by atomic mass is 35.5. The maximum absolute atomic E-state index is 11.8. The molecule has 0 N–H and O–H groups in total. The molecule has 4 nitrogen and oxygen atoms in total. The van der Waals surface area contributed by atoms with E-state index in [1.165, 1.54) is 0 Å². The predicted molar refractivity (Wildman–Crippen MR) is 89.8 cm³/mol. The summed E-state index contributed by atoms with van der Waals surface area (Å²) in [6, 6.07) is 7.39. The highest BCUT2D eigenvalue weighted by Gasteiger charge is 2.28. The summed E-state index contributed by atoms with van der Waals surface area (Å²) in [5.74, 6) is 0.801. The van der Waals surface area contributed by atoms with E-state index >= 15 is 0 Å². The van der Waals surface area contributed by atoms with Gasteiger partial charge in [0.05, 0.1) is 5.37 Å². The maximum Gasteiger partial charge on any atom is 0.326 e. The van der Waals surface area contributed by atoms with Crippen LogP contribution < -0.4 is 4.74 Å². The smallest absolute Gasteiger partial charge is 0.326 e. The number of carbonyl (C=O) groups excluding carboxylic acids is 2. The molecular formula is C15H17Cl2NO3S. The van der Waals surface area contributed by atoms with Crippen LogP contribution in [-0.2, 0) is 16.0 Å². The van der Waals surface area contributed by atoms with Gasteiger partial charge in [0.1, 0.15) is 17.5 Å². The Morgan fingerprint density at radius 2 is 2.05 bits per heavy atom. The number of hydrogen-bond acceptors (Lipinski definition) is 4. The first kappa shape index (κ1) is 17.4. The molecule has 1 aromatic rings. The molecule has 1 atom stereocenters. The van der Waals surface area contributed by atoms with Crippen LogP contribution in [0.4, 0.5) is 0 Å². The van der Waals surface area contributed by atoms with Crippen molar-refractivity contribution in [3.63, 3.8) is 0 Å². The number of hydrogen-bond donors (Lipinski definition) is 0. The van der Waals surface area contributed by atoms with Crippen LogP contribution in [0.3, 0.4) is 0 Å². The first-order valence-corrected chi connectivity index (χ1v) is 9.09. The molecule has 2 rings (SSSR count). The monoisotopic (exact) mass is 361 g/mol. The molecule has 0 aliphatic carbocycles. The lowest BCUT2D eigenvalue weighted by atomic mass is 10.1. The number of aryl methyl sites for hydroxylation is 1. The molecule has 1 heterocycles. The number of thioether (sulfide) groups is 1. The summed E-state index contributed by atoms with van der Waals surface area (Å²) in [7, 11) is 0. The van der Waals surface area contributed by atoms with Crippen molar-refractivity contribution in [2.24, 2.45) is 0 Å². The fraction of sp³-hybridized carbons (Fsp3) is 0.467. The van der Waals surface area contributed by atoms with Gasteiger partial charge in [-0.3, -0.25) is 9.59 Å². The zero-order chi connectivity index (χ0) is 15.9. The largest absolute Gasteiger partial charge is 0.425 e. The Hall–Kier alpha value is -0.910. The summed E-state index contributed by atoms with van der Waals surface area (Å²) in [5.41, 5.74) is 0.937. The minimum atomic E-state index is -0.469. The van der Waals surface area contributed by atoms with Crippen LogP contribution in [0, 0.1) is 0 Å². The molecule has 1 fully saturated rings. The van der Waals surface area contributed by atoms with Crippen LogP contribution in [0.1, 0.15) is 12.0 Å². The van der Waals surface area contributed by atoms with Crippen LogP contribution in [0.25, 0.3) is 0 Å². The van der Waals surface area contributed by atoms with Gasteiger partial charge in [-0.15, -0.1) is 35.0 Å². The molecule has 120 valence electrons. The van der Waals surface area contributed by atoms with Gasteiger partial charge in [0.2, 0.25) is 5.91 Å². The molecule has 1 unspecified atom stereocenters. The summed E-state index contributed by atoms with van der Waals surface area (Å²) in [6.45, 7) is 0.740. The number of esters is 1. The summed E-state index contributed by atoms with van der Waals surface area (Å²) >= 11 is 12.9. The molecule has 0 bridgehead atoms. The number of nitrogens with zero attached hydrogens (tertiary/aromatic N) is 1. The van der Waals surface area contributed by atoms with E-state index in [1.54, 1.807) is 17.8 Å². The molecule has 1 amide bonds. The zero-order valence-electron chi connectivity index (χ0n) is 12.0. The second-order valence-corrected chi connectivity index (χ2v) is 6.62. The van der Waals surface area contributed by atoms with E-state index < -0.39 is 5.97 Å². The third-order valence-corrected chi connectivity index (χ3v) is 5.13. The van der Waals surface area contributed by atoms with E-state index in [0.29, 0.717) is 5.75 Å². The fourth-order valence-electron chi connectivity index (χ4n) is 2.36. The summed E-state index contributed by atoms with van der Waals surface area (Å²) in [5, 5.41) is 0.128. The second kappa shape index (κ2) is 8.65. The Morgan fingerprint density at radius 1 is 1.27 bits per heavy atom. The molecule has 1 aliphatic heterocycles. The van der Waals surface area contributed by atoms with Crippen molar-refractivity contribution < 1.29 is 14.3 Å². The predicted octanol–water partition coefficient (Wildman–Crippen LogP) is 2.90. The number of amides is 1. The second-order valence-electron chi connectivity index (χ2n) is 4.80. The van der Waals surface area contributed by atoms with Crippen molar-refractivity contribution in [3.05, 3.63) is 29.8 Å². The third kappa shape index (κ3) is 4.54. The molecule has 22 heavy (non-hydrogen) atoms. The van der Waals surface area contributed by atoms with E-state index in [1.807, 2.05) is 23.1 Å². The Bertz CT molecular complexity index is 541. The molecule has 1 saturated heterocycles. The summed E-state index contributed by atoms with van der Waals surface area (Å²) in [6.07, 6.45) is 1.51. The van der Waals surface area contributed by atoms with E-state index in [0.717, 1.165) is 30.7 Å². The first-order valence-electron chi connectivity index (χ1n) is 6.97. The molecule has 1 aromatic carbocycles. The van der Waals surface area contributed by atoms with Gasteiger partial charge in [0, 0.05) is 12.3 Å². The Kier molecular flexibility index (Phi) is 6.86. The van der Waals surface area contributed by atoms with Gasteiger partial charge >= 0.3 is 5.97 Å². The summed E-state index contributed by atoms with van der Waals surface area (Å²) in [4.78, 5) is 25.0. The van der Waals surface area contributed by atoms with Gasteiger partial charge in [0.25, 0.3) is 0 Å². The maximum atomic E-state index is 11.8. The first-order chi connectivity index (χ1) is 10.7. The van der Waals surface area contributed by atoms with Crippen LogP contribution in [0.15, 0.2) is 24.3 Å². The molecule has 0 radical (unpaired) electrons. The minimum absolute atomic E-state index is 0.0149. The molecule has 0 aromatic heterocycles. The average Bonchev–Trinajstić information content (AvgIpc) is 3.01. The van der Waals surface area contributed by atoms with Crippen molar-refractivity contribution in [3.8, 4) is 5.75 Å². The number of ether oxygens (including phenoxy) is 1. The van der Waals surface area contributed by atoms with Crippen LogP contribution >= 0.6 is 35.0 Å². The topological polar surface area (TPSA) is 46.6 Å². The lowest BCUT2D eigenvalue weighted by Gasteiger charge is -2.23. The molecule has 1 aliphatic rings. The minimum Gasteiger partial charge on any atom is -0.425 e. The van der Waals surface area contributed by atoms with E-state index in [9.17, 15) is 9.59 Å². The fourth-order valence-corrected chi connectivity index (χ4v) is 3.83. The molecule has 7 heteroatoms. The Balaban J connectivity index is 1.99. The Labute approximate surface area is 144 Å². The molecule has 0 spiro atoms. The summed E-state index contributed by atoms with van der Waals surface area (Å²) < 4.78 is 5.23. The van der Waals surface area contributed by atoms with Crippen molar-refractivity contribution in [1.29, 1.82) is 0 Å². The third-order valence-electron chi connectivity index (χ3n) is 3.39. The van der Waals surface area contributed by atoms with Gasteiger partial charge in [-0.05, 0) is 24.5 Å². The number of para-hydroxylation sites is 1. The number of rotatable bonds is 6. The quantitative estimate of drug-likeness (QED) is 0.444. The normalized spacial score (nSPS) is 17.5. The zero-order valence-corrected chi connectivity index (χ0v) is 14.3. The SMILES string of the molecule is O=C(CCl)Oc1ccccc1CCC1SCCN1C(=O)CCl. The Morgan fingerprint density at radius 3 is 2.77 bits per heavy atom. The van der Waals surface area contributed by atoms with Gasteiger partial charge in [-0.1, -0.05) is 18.2 Å². The highest BCUT2D eigenvalue weighted by Crippen LogP contribution is 2.29. The molecule has 0 saturated carbocycles. The van der Waals surface area contributed by atoms with Crippen molar-refractivity contribution >= 4 is 46.8 Å². The number of alkyl halides is 2. The van der Waals surface area contributed by atoms with E-state index in [2.05, 4.69) is 0 Å². The number of halogens is 2.